The standard InChI is InChI=1S/C14H26O2/c1-3-5-6-7-8-9-10-11-12-13-14(15)16-4-2/h3,5H,4,6-13H2,1-2H3/b5-3+. The van der Waals surface area contributed by atoms with Crippen molar-refractivity contribution >= 4 is 5.97 Å². The van der Waals surface area contributed by atoms with Gasteiger partial charge < -0.3 is 4.74 Å². The highest BCUT2D eigenvalue weighted by Gasteiger charge is 2.00. The normalized spacial score (nSPS) is 10.9. The first kappa shape index (κ1) is 15.2. The number of allylic oxidation sites excluding steroid dienone is 2. The lowest BCUT2D eigenvalue weighted by atomic mass is 10.1. The van der Waals surface area contributed by atoms with Crippen LogP contribution >= 0.6 is 0 Å². The lowest BCUT2D eigenvalue weighted by Gasteiger charge is -2.02. The summed E-state index contributed by atoms with van der Waals surface area (Å²) in [6, 6.07) is 0. The molecule has 0 saturated heterocycles. The minimum Gasteiger partial charge on any atom is -0.466 e. The third-order valence-electron chi connectivity index (χ3n) is 2.54. The highest BCUT2D eigenvalue weighted by atomic mass is 16.5. The van der Waals surface area contributed by atoms with Crippen LogP contribution in [0.2, 0.25) is 0 Å². The van der Waals surface area contributed by atoms with Crippen LogP contribution in [0, 0.1) is 0 Å². The van der Waals surface area contributed by atoms with Gasteiger partial charge in [-0.2, -0.15) is 0 Å². The van der Waals surface area contributed by atoms with Crippen LogP contribution in [0.15, 0.2) is 12.2 Å². The van der Waals surface area contributed by atoms with Crippen molar-refractivity contribution in [1.82, 2.24) is 0 Å². The molecule has 0 N–H and O–H groups in total. The van der Waals surface area contributed by atoms with Gasteiger partial charge in [-0.1, -0.05) is 37.8 Å². The first-order chi connectivity index (χ1) is 7.81. The van der Waals surface area contributed by atoms with Gasteiger partial charge in [-0.05, 0) is 33.1 Å². The van der Waals surface area contributed by atoms with Crippen molar-refractivity contribution in [3.05, 3.63) is 12.2 Å². The number of esters is 1. The van der Waals surface area contributed by atoms with Crippen LogP contribution in [-0.2, 0) is 9.53 Å². The van der Waals surface area contributed by atoms with Gasteiger partial charge in [0.25, 0.3) is 0 Å². The van der Waals surface area contributed by atoms with E-state index in [9.17, 15) is 4.79 Å². The van der Waals surface area contributed by atoms with E-state index in [2.05, 4.69) is 19.1 Å². The molecule has 2 nitrogen and oxygen atoms in total. The first-order valence-electron chi connectivity index (χ1n) is 6.58. The number of rotatable bonds is 10. The summed E-state index contributed by atoms with van der Waals surface area (Å²) in [4.78, 5) is 11.0. The van der Waals surface area contributed by atoms with Crippen molar-refractivity contribution in [2.75, 3.05) is 6.61 Å². The Bertz CT molecular complexity index is 185. The second kappa shape index (κ2) is 12.3. The molecule has 0 aliphatic heterocycles. The molecule has 0 atom stereocenters. The fourth-order valence-electron chi connectivity index (χ4n) is 1.64. The minimum absolute atomic E-state index is 0.0458. The van der Waals surface area contributed by atoms with Gasteiger partial charge in [-0.25, -0.2) is 0 Å². The molecule has 0 aromatic heterocycles. The Hall–Kier alpha value is -0.790. The molecule has 0 bridgehead atoms. The molecule has 0 fully saturated rings. The second-order valence-corrected chi connectivity index (χ2v) is 4.03. The zero-order valence-electron chi connectivity index (χ0n) is 10.8. The van der Waals surface area contributed by atoms with Crippen LogP contribution in [0.4, 0.5) is 0 Å². The Labute approximate surface area is 100 Å². The number of hydrogen-bond acceptors (Lipinski definition) is 2. The fraction of sp³-hybridized carbons (Fsp3) is 0.786. The molecule has 0 aromatic rings. The molecular weight excluding hydrogens is 200 g/mol. The zero-order valence-corrected chi connectivity index (χ0v) is 10.8. The third kappa shape index (κ3) is 11.3. The van der Waals surface area contributed by atoms with E-state index in [0.717, 1.165) is 12.8 Å². The van der Waals surface area contributed by atoms with E-state index in [1.807, 2.05) is 6.92 Å². The summed E-state index contributed by atoms with van der Waals surface area (Å²) in [6.07, 6.45) is 13.4. The van der Waals surface area contributed by atoms with E-state index >= 15 is 0 Å². The van der Waals surface area contributed by atoms with Crippen LogP contribution in [0.5, 0.6) is 0 Å². The highest BCUT2D eigenvalue weighted by molar-refractivity contribution is 5.69. The molecule has 0 unspecified atom stereocenters. The van der Waals surface area contributed by atoms with Crippen LogP contribution in [0.1, 0.15) is 65.2 Å². The van der Waals surface area contributed by atoms with Crippen LogP contribution in [-0.4, -0.2) is 12.6 Å². The summed E-state index contributed by atoms with van der Waals surface area (Å²) in [6.45, 7) is 4.42. The van der Waals surface area contributed by atoms with Crippen LogP contribution in [0.25, 0.3) is 0 Å². The molecule has 94 valence electrons. The number of carbonyl (C=O) groups excluding carboxylic acids is 1. The summed E-state index contributed by atoms with van der Waals surface area (Å²) in [5, 5.41) is 0. The number of ether oxygens (including phenoxy) is 1. The van der Waals surface area contributed by atoms with Crippen LogP contribution < -0.4 is 0 Å². The van der Waals surface area contributed by atoms with Gasteiger partial charge in [0.05, 0.1) is 6.61 Å². The molecule has 0 aromatic carbocycles. The summed E-state index contributed by atoms with van der Waals surface area (Å²) in [5.74, 6) is -0.0458. The Morgan fingerprint density at radius 1 is 1.06 bits per heavy atom. The van der Waals surface area contributed by atoms with Gasteiger partial charge in [0.15, 0.2) is 0 Å². The number of carbonyl (C=O) groups is 1. The van der Waals surface area contributed by atoms with Crippen molar-refractivity contribution in [1.29, 1.82) is 0 Å². The maximum atomic E-state index is 11.0. The smallest absolute Gasteiger partial charge is 0.305 e. The van der Waals surface area contributed by atoms with Crippen molar-refractivity contribution in [2.45, 2.75) is 65.2 Å². The average molecular weight is 226 g/mol. The van der Waals surface area contributed by atoms with Crippen molar-refractivity contribution < 1.29 is 9.53 Å². The number of hydrogen-bond donors (Lipinski definition) is 0. The van der Waals surface area contributed by atoms with E-state index < -0.39 is 0 Å². The third-order valence-corrected chi connectivity index (χ3v) is 2.54. The fourth-order valence-corrected chi connectivity index (χ4v) is 1.64. The van der Waals surface area contributed by atoms with Gasteiger partial charge in [0.1, 0.15) is 0 Å². The quantitative estimate of drug-likeness (QED) is 0.316. The second-order valence-electron chi connectivity index (χ2n) is 4.03. The topological polar surface area (TPSA) is 26.3 Å². The molecule has 0 aliphatic rings. The SMILES string of the molecule is C/C=C/CCCCCCCCC(=O)OCC. The van der Waals surface area contributed by atoms with Gasteiger partial charge in [0.2, 0.25) is 0 Å². The predicted octanol–water partition coefficient (Wildman–Crippen LogP) is 4.25. The molecule has 0 amide bonds. The highest BCUT2D eigenvalue weighted by Crippen LogP contribution is 2.09. The maximum absolute atomic E-state index is 11.0. The first-order valence-corrected chi connectivity index (χ1v) is 6.58. The zero-order chi connectivity index (χ0) is 12.1. The summed E-state index contributed by atoms with van der Waals surface area (Å²) >= 11 is 0. The molecule has 0 saturated carbocycles. The molecule has 0 radical (unpaired) electrons. The minimum atomic E-state index is -0.0458. The van der Waals surface area contributed by atoms with Crippen molar-refractivity contribution in [3.63, 3.8) is 0 Å². The lowest BCUT2D eigenvalue weighted by molar-refractivity contribution is -0.143. The molecule has 2 heteroatoms. The van der Waals surface area contributed by atoms with Gasteiger partial charge in [-0.3, -0.25) is 4.79 Å². The predicted molar refractivity (Wildman–Crippen MR) is 68.4 cm³/mol. The van der Waals surface area contributed by atoms with Gasteiger partial charge in [-0.15, -0.1) is 0 Å². The molecular formula is C14H26O2. The largest absolute Gasteiger partial charge is 0.466 e. The molecule has 16 heavy (non-hydrogen) atoms. The van der Waals surface area contributed by atoms with Crippen molar-refractivity contribution in [3.8, 4) is 0 Å². The summed E-state index contributed by atoms with van der Waals surface area (Å²) in [7, 11) is 0. The maximum Gasteiger partial charge on any atom is 0.305 e. The molecule has 0 spiro atoms. The molecule has 0 heterocycles. The van der Waals surface area contributed by atoms with Crippen LogP contribution in [0.3, 0.4) is 0 Å². The monoisotopic (exact) mass is 226 g/mol. The van der Waals surface area contributed by atoms with E-state index in [-0.39, 0.29) is 5.97 Å². The Morgan fingerprint density at radius 3 is 2.31 bits per heavy atom. The van der Waals surface area contributed by atoms with E-state index in [1.54, 1.807) is 0 Å². The van der Waals surface area contributed by atoms with Crippen molar-refractivity contribution in [2.24, 2.45) is 0 Å². The lowest BCUT2D eigenvalue weighted by Crippen LogP contribution is -2.03. The Balaban J connectivity index is 3.06. The van der Waals surface area contributed by atoms with Gasteiger partial charge >= 0.3 is 5.97 Å². The Kier molecular flexibility index (Phi) is 11.7. The average Bonchev–Trinajstić information content (AvgIpc) is 2.27. The van der Waals surface area contributed by atoms with E-state index in [0.29, 0.717) is 13.0 Å². The summed E-state index contributed by atoms with van der Waals surface area (Å²) < 4.78 is 4.87. The number of unbranched alkanes of at least 4 members (excludes halogenated alkanes) is 6. The summed E-state index contributed by atoms with van der Waals surface area (Å²) in [5.41, 5.74) is 0. The Morgan fingerprint density at radius 2 is 1.69 bits per heavy atom. The van der Waals surface area contributed by atoms with E-state index in [4.69, 9.17) is 4.74 Å². The molecule has 0 aliphatic carbocycles. The van der Waals surface area contributed by atoms with Gasteiger partial charge in [0, 0.05) is 6.42 Å². The molecule has 0 rings (SSSR count). The van der Waals surface area contributed by atoms with E-state index in [1.165, 1.54) is 32.1 Å².